The number of nitrogens with one attached hydrogen (secondary N) is 1. The number of aryl methyl sites for hydroxylation is 1. The number of hydrogen-bond donors (Lipinski definition) is 2. The van der Waals surface area contributed by atoms with E-state index < -0.39 is 0 Å². The smallest absolute Gasteiger partial charge is 0.192 e. The van der Waals surface area contributed by atoms with Crippen LogP contribution in [0, 0.1) is 6.92 Å². The topological polar surface area (TPSA) is 87.3 Å². The molecule has 1 unspecified atom stereocenters. The number of benzene rings is 1. The number of hydrogen-bond acceptors (Lipinski definition) is 7. The Morgan fingerprint density at radius 1 is 1.07 bits per heavy atom. The number of anilines is 1. The number of fused-ring (bicyclic) bond motifs is 2. The summed E-state index contributed by atoms with van der Waals surface area (Å²) in [5.41, 5.74) is 4.19. The van der Waals surface area contributed by atoms with Crippen LogP contribution in [0.1, 0.15) is 26.2 Å². The predicted molar refractivity (Wildman–Crippen MR) is 118 cm³/mol. The van der Waals surface area contributed by atoms with Crippen molar-refractivity contribution in [2.24, 2.45) is 0 Å². The van der Waals surface area contributed by atoms with E-state index in [1.165, 1.54) is 0 Å². The number of nitrogens with zero attached hydrogens (tertiary/aromatic N) is 4. The average molecular weight is 403 g/mol. The maximum absolute atomic E-state index is 10.5. The van der Waals surface area contributed by atoms with Crippen LogP contribution in [-0.2, 0) is 0 Å². The Balaban J connectivity index is 1.45. The largest absolute Gasteiger partial charge is 0.507 e. The van der Waals surface area contributed by atoms with E-state index in [2.05, 4.69) is 29.0 Å². The van der Waals surface area contributed by atoms with Gasteiger partial charge in [-0.2, -0.15) is 0 Å². The Bertz CT molecular complexity index is 1230. The zero-order valence-electron chi connectivity index (χ0n) is 17.4. The molecule has 1 aromatic carbocycles. The molecule has 7 nitrogen and oxygen atoms in total. The van der Waals surface area contributed by atoms with Crippen LogP contribution in [0.25, 0.3) is 33.4 Å². The second-order valence-electron chi connectivity index (χ2n) is 8.23. The SMILES string of the molecule is Cc1nc2cc(O)c(-c3ccc4nc(N5CCC(NC(C)C)C5)ccc4n3)cc2o1. The van der Waals surface area contributed by atoms with Crippen LogP contribution in [0.15, 0.2) is 40.8 Å². The Labute approximate surface area is 174 Å². The third-order valence-corrected chi connectivity index (χ3v) is 5.50. The quantitative estimate of drug-likeness (QED) is 0.532. The van der Waals surface area contributed by atoms with Crippen molar-refractivity contribution in [3.8, 4) is 17.0 Å². The fourth-order valence-electron chi connectivity index (χ4n) is 4.18. The number of phenolic OH excluding ortho intramolecular Hbond substituents is 1. The van der Waals surface area contributed by atoms with Gasteiger partial charge in [0.1, 0.15) is 17.1 Å². The number of phenols is 1. The first kappa shape index (κ1) is 18.8. The molecule has 0 aliphatic carbocycles. The lowest BCUT2D eigenvalue weighted by Gasteiger charge is -2.19. The average Bonchev–Trinajstić information content (AvgIpc) is 3.31. The molecule has 4 heterocycles. The van der Waals surface area contributed by atoms with Crippen molar-refractivity contribution < 1.29 is 9.52 Å². The molecule has 1 aliphatic rings. The normalized spacial score (nSPS) is 16.9. The van der Waals surface area contributed by atoms with Crippen molar-refractivity contribution >= 4 is 28.0 Å². The van der Waals surface area contributed by atoms with Crippen molar-refractivity contribution in [3.63, 3.8) is 0 Å². The zero-order chi connectivity index (χ0) is 20.8. The van der Waals surface area contributed by atoms with Gasteiger partial charge in [-0.25, -0.2) is 15.0 Å². The second-order valence-corrected chi connectivity index (χ2v) is 8.23. The summed E-state index contributed by atoms with van der Waals surface area (Å²) in [6.45, 7) is 8.11. The van der Waals surface area contributed by atoms with Gasteiger partial charge < -0.3 is 19.7 Å². The van der Waals surface area contributed by atoms with E-state index in [4.69, 9.17) is 14.4 Å². The van der Waals surface area contributed by atoms with Crippen LogP contribution < -0.4 is 10.2 Å². The maximum atomic E-state index is 10.5. The van der Waals surface area contributed by atoms with E-state index in [-0.39, 0.29) is 5.75 Å². The van der Waals surface area contributed by atoms with Crippen molar-refractivity contribution in [2.45, 2.75) is 39.3 Å². The first-order valence-electron chi connectivity index (χ1n) is 10.4. The standard InChI is InChI=1S/C23H25N5O2/c1-13(2)24-15-8-9-28(12-15)23-7-6-18-19(27-23)5-4-17(26-18)16-10-22-20(11-21(16)29)25-14(3)30-22/h4-7,10-11,13,15,24,29H,8-9,12H2,1-3H3. The van der Waals surface area contributed by atoms with Gasteiger partial charge in [-0.15, -0.1) is 0 Å². The molecule has 0 amide bonds. The van der Waals surface area contributed by atoms with Crippen LogP contribution in [0.5, 0.6) is 5.75 Å². The van der Waals surface area contributed by atoms with Crippen molar-refractivity contribution in [1.82, 2.24) is 20.3 Å². The number of aromatic nitrogens is 3. The van der Waals surface area contributed by atoms with E-state index in [0.29, 0.717) is 40.3 Å². The third-order valence-electron chi connectivity index (χ3n) is 5.50. The van der Waals surface area contributed by atoms with Gasteiger partial charge in [0.2, 0.25) is 0 Å². The summed E-state index contributed by atoms with van der Waals surface area (Å²) in [5.74, 6) is 1.68. The number of aromatic hydroxyl groups is 1. The highest BCUT2D eigenvalue weighted by molar-refractivity contribution is 5.86. The lowest BCUT2D eigenvalue weighted by atomic mass is 10.1. The van der Waals surface area contributed by atoms with Gasteiger partial charge in [-0.3, -0.25) is 0 Å². The molecule has 1 atom stereocenters. The highest BCUT2D eigenvalue weighted by Crippen LogP contribution is 2.33. The first-order valence-corrected chi connectivity index (χ1v) is 10.4. The van der Waals surface area contributed by atoms with Crippen molar-refractivity contribution in [3.05, 3.63) is 42.3 Å². The lowest BCUT2D eigenvalue weighted by molar-refractivity contribution is 0.477. The minimum atomic E-state index is 0.132. The monoisotopic (exact) mass is 403 g/mol. The van der Waals surface area contributed by atoms with E-state index in [9.17, 15) is 5.11 Å². The molecular weight excluding hydrogens is 378 g/mol. The number of pyridine rings is 2. The molecule has 5 rings (SSSR count). The van der Waals surface area contributed by atoms with Crippen molar-refractivity contribution in [1.29, 1.82) is 0 Å². The Hall–Kier alpha value is -3.19. The van der Waals surface area contributed by atoms with Crippen LogP contribution in [0.2, 0.25) is 0 Å². The Kier molecular flexibility index (Phi) is 4.55. The second kappa shape index (κ2) is 7.25. The van der Waals surface area contributed by atoms with E-state index in [1.807, 2.05) is 24.3 Å². The molecule has 2 N–H and O–H groups in total. The summed E-state index contributed by atoms with van der Waals surface area (Å²) in [5, 5.41) is 14.1. The van der Waals surface area contributed by atoms with Crippen LogP contribution >= 0.6 is 0 Å². The highest BCUT2D eigenvalue weighted by atomic mass is 16.3. The molecule has 0 spiro atoms. The van der Waals surface area contributed by atoms with Gasteiger partial charge in [0.15, 0.2) is 11.5 Å². The van der Waals surface area contributed by atoms with Gasteiger partial charge >= 0.3 is 0 Å². The molecule has 4 aromatic rings. The number of rotatable bonds is 4. The molecule has 1 saturated heterocycles. The maximum Gasteiger partial charge on any atom is 0.192 e. The van der Waals surface area contributed by atoms with E-state index in [1.54, 1.807) is 19.1 Å². The molecule has 30 heavy (non-hydrogen) atoms. The fourth-order valence-corrected chi connectivity index (χ4v) is 4.18. The Morgan fingerprint density at radius 2 is 1.87 bits per heavy atom. The third kappa shape index (κ3) is 3.45. The molecule has 154 valence electrons. The molecule has 0 saturated carbocycles. The first-order chi connectivity index (χ1) is 14.5. The summed E-state index contributed by atoms with van der Waals surface area (Å²) in [6, 6.07) is 12.3. The lowest BCUT2D eigenvalue weighted by Crippen LogP contribution is -2.37. The van der Waals surface area contributed by atoms with Crippen molar-refractivity contribution in [2.75, 3.05) is 18.0 Å². The summed E-state index contributed by atoms with van der Waals surface area (Å²) in [6.07, 6.45) is 1.12. The Morgan fingerprint density at radius 3 is 2.70 bits per heavy atom. The summed E-state index contributed by atoms with van der Waals surface area (Å²) in [4.78, 5) is 16.1. The molecule has 1 aliphatic heterocycles. The molecule has 0 bridgehead atoms. The summed E-state index contributed by atoms with van der Waals surface area (Å²) in [7, 11) is 0. The molecular formula is C23H25N5O2. The minimum absolute atomic E-state index is 0.132. The van der Waals surface area contributed by atoms with Gasteiger partial charge in [-0.1, -0.05) is 13.8 Å². The minimum Gasteiger partial charge on any atom is -0.507 e. The zero-order valence-corrected chi connectivity index (χ0v) is 17.4. The van der Waals surface area contributed by atoms with Gasteiger partial charge in [0.25, 0.3) is 0 Å². The van der Waals surface area contributed by atoms with Crippen LogP contribution in [-0.4, -0.2) is 45.2 Å². The predicted octanol–water partition coefficient (Wildman–Crippen LogP) is 4.03. The summed E-state index contributed by atoms with van der Waals surface area (Å²) >= 11 is 0. The van der Waals surface area contributed by atoms with E-state index >= 15 is 0 Å². The van der Waals surface area contributed by atoms with Crippen LogP contribution in [0.3, 0.4) is 0 Å². The van der Waals surface area contributed by atoms with Gasteiger partial charge in [0.05, 0.1) is 16.7 Å². The molecule has 7 heteroatoms. The van der Waals surface area contributed by atoms with E-state index in [0.717, 1.165) is 36.4 Å². The molecule has 1 fully saturated rings. The number of oxazole rings is 1. The van der Waals surface area contributed by atoms with Gasteiger partial charge in [0, 0.05) is 43.7 Å². The molecule has 0 radical (unpaired) electrons. The summed E-state index contributed by atoms with van der Waals surface area (Å²) < 4.78 is 5.60. The van der Waals surface area contributed by atoms with Crippen LogP contribution in [0.4, 0.5) is 5.82 Å². The highest BCUT2D eigenvalue weighted by Gasteiger charge is 2.24. The fraction of sp³-hybridized carbons (Fsp3) is 0.348. The van der Waals surface area contributed by atoms with Gasteiger partial charge in [-0.05, 0) is 36.8 Å². The molecule has 3 aromatic heterocycles.